The van der Waals surface area contributed by atoms with Gasteiger partial charge in [-0.2, -0.15) is 0 Å². The third kappa shape index (κ3) is 5.62. The van der Waals surface area contributed by atoms with Crippen molar-refractivity contribution >= 4 is 45.1 Å². The van der Waals surface area contributed by atoms with Gasteiger partial charge < -0.3 is 20.4 Å². The van der Waals surface area contributed by atoms with Crippen molar-refractivity contribution < 1.29 is 9.53 Å². The summed E-state index contributed by atoms with van der Waals surface area (Å²) in [6.07, 6.45) is 2.87. The smallest absolute Gasteiger partial charge is 0.264 e. The summed E-state index contributed by atoms with van der Waals surface area (Å²) in [5.41, 5.74) is 1.02. The van der Waals surface area contributed by atoms with Crippen LogP contribution in [-0.4, -0.2) is 69.7 Å². The summed E-state index contributed by atoms with van der Waals surface area (Å²) in [6, 6.07) is 15.0. The third-order valence-electron chi connectivity index (χ3n) is 7.57. The molecule has 3 N–H and O–H groups in total. The minimum atomic E-state index is -0.589. The van der Waals surface area contributed by atoms with Crippen molar-refractivity contribution in [3.05, 3.63) is 104 Å². The number of hydrogen-bond acceptors (Lipinski definition) is 8. The summed E-state index contributed by atoms with van der Waals surface area (Å²) in [6.45, 7) is 5.93. The van der Waals surface area contributed by atoms with E-state index in [2.05, 4.69) is 30.5 Å². The first-order chi connectivity index (χ1) is 20.9. The highest BCUT2D eigenvalue weighted by Gasteiger charge is 2.25. The van der Waals surface area contributed by atoms with Gasteiger partial charge in [-0.05, 0) is 25.1 Å². The Balaban J connectivity index is 1.43. The minimum Gasteiger partial charge on any atom is -0.379 e. The Morgan fingerprint density at radius 1 is 1.05 bits per heavy atom. The molecule has 0 spiro atoms. The van der Waals surface area contributed by atoms with Gasteiger partial charge in [-0.1, -0.05) is 41.9 Å². The van der Waals surface area contributed by atoms with E-state index >= 15 is 0 Å². The molecule has 4 heterocycles. The first-order valence-electron chi connectivity index (χ1n) is 14.0. The Bertz CT molecular complexity index is 1910. The summed E-state index contributed by atoms with van der Waals surface area (Å²) < 4.78 is 6.91. The van der Waals surface area contributed by atoms with Crippen molar-refractivity contribution in [2.45, 2.75) is 13.0 Å². The van der Waals surface area contributed by atoms with Gasteiger partial charge >= 0.3 is 0 Å². The molecule has 0 bridgehead atoms. The number of hydrogen-bond donors (Lipinski definition) is 3. The molecule has 1 saturated heterocycles. The molecule has 0 saturated carbocycles. The number of ether oxygens (including phenoxy) is 1. The van der Waals surface area contributed by atoms with Crippen LogP contribution in [0, 0.1) is 0 Å². The average molecular weight is 600 g/mol. The second-order valence-electron chi connectivity index (χ2n) is 10.3. The van der Waals surface area contributed by atoms with Gasteiger partial charge in [0, 0.05) is 49.5 Å². The van der Waals surface area contributed by atoms with Gasteiger partial charge in [0.15, 0.2) is 5.43 Å². The van der Waals surface area contributed by atoms with Crippen LogP contribution >= 0.6 is 11.6 Å². The van der Waals surface area contributed by atoms with E-state index in [1.165, 1.54) is 23.2 Å². The number of benzene rings is 2. The van der Waals surface area contributed by atoms with Gasteiger partial charge in [-0.3, -0.25) is 23.9 Å². The second-order valence-corrected chi connectivity index (χ2v) is 10.6. The van der Waals surface area contributed by atoms with Crippen LogP contribution in [0.15, 0.2) is 76.7 Å². The number of H-pyrrole nitrogens is 1. The molecule has 1 atom stereocenters. The zero-order valence-corrected chi connectivity index (χ0v) is 24.2. The summed E-state index contributed by atoms with van der Waals surface area (Å²) >= 11 is 7.11. The molecule has 43 heavy (non-hydrogen) atoms. The predicted molar refractivity (Wildman–Crippen MR) is 166 cm³/mol. The molecule has 5 aromatic rings. The monoisotopic (exact) mass is 599 g/mol. The van der Waals surface area contributed by atoms with Crippen LogP contribution in [0.1, 0.15) is 29.0 Å². The molecule has 0 unspecified atom stereocenters. The lowest BCUT2D eigenvalue weighted by atomic mass is 10.0. The van der Waals surface area contributed by atoms with Gasteiger partial charge in [0.2, 0.25) is 0 Å². The highest BCUT2D eigenvalue weighted by molar-refractivity contribution is 6.36. The van der Waals surface area contributed by atoms with Crippen LogP contribution in [-0.2, 0) is 4.74 Å². The van der Waals surface area contributed by atoms with Crippen LogP contribution in [0.4, 0.5) is 5.82 Å². The number of aromatic amines is 1. The molecule has 1 fully saturated rings. The van der Waals surface area contributed by atoms with Crippen molar-refractivity contribution in [3.8, 4) is 5.69 Å². The lowest BCUT2D eigenvalue weighted by molar-refractivity contribution is 0.0383. The highest BCUT2D eigenvalue weighted by atomic mass is 35.5. The normalized spacial score (nSPS) is 14.6. The minimum absolute atomic E-state index is 0.222. The molecular weight excluding hydrogens is 570 g/mol. The molecule has 0 aliphatic carbocycles. The van der Waals surface area contributed by atoms with E-state index in [-0.39, 0.29) is 22.3 Å². The molecular formula is C31H30ClN7O4. The Morgan fingerprint density at radius 2 is 1.84 bits per heavy atom. The summed E-state index contributed by atoms with van der Waals surface area (Å²) in [4.78, 5) is 54.1. The standard InChI is InChI=1S/C31H30ClN7O4/c1-19(37-29-25-23(40)10-11-33-28(25)35-18-36-29)27-26(32)21-8-5-9-22(30(41)34-12-13-38-14-16-43-17-15-38)24(21)31(42)39(27)20-6-3-2-4-7-20/h2-11,18-19H,12-17H2,1H3,(H,34,41)(H2,33,35,36,37,40)/t19-/m0/s1. The fourth-order valence-corrected chi connectivity index (χ4v) is 5.87. The zero-order chi connectivity index (χ0) is 29.9. The SMILES string of the molecule is C[C@H](Nc1ncnc2[nH]ccc(=O)c12)c1c(Cl)c2cccc(C(=O)NCCN3CCOCC3)c2c(=O)n1-c1ccccc1. The number of para-hydroxylation sites is 1. The number of morpholine rings is 1. The number of fused-ring (bicyclic) bond motifs is 2. The number of aromatic nitrogens is 4. The second kappa shape index (κ2) is 12.3. The Kier molecular flexibility index (Phi) is 8.19. The molecule has 1 aliphatic heterocycles. The predicted octanol–water partition coefficient (Wildman–Crippen LogP) is 3.51. The molecule has 12 heteroatoms. The first kappa shape index (κ1) is 28.5. The van der Waals surface area contributed by atoms with E-state index < -0.39 is 11.6 Å². The van der Waals surface area contributed by atoms with E-state index in [0.717, 1.165) is 13.1 Å². The number of carbonyl (C=O) groups is 1. The topological polar surface area (TPSA) is 134 Å². The molecule has 0 radical (unpaired) electrons. The van der Waals surface area contributed by atoms with Crippen LogP contribution in [0.2, 0.25) is 5.02 Å². The first-order valence-corrected chi connectivity index (χ1v) is 14.4. The van der Waals surface area contributed by atoms with Gasteiger partial charge in [-0.25, -0.2) is 9.97 Å². The number of amides is 1. The van der Waals surface area contributed by atoms with Crippen LogP contribution < -0.4 is 21.6 Å². The number of rotatable bonds is 8. The largest absolute Gasteiger partial charge is 0.379 e. The number of nitrogens with zero attached hydrogens (tertiary/aromatic N) is 4. The van der Waals surface area contributed by atoms with E-state index in [1.807, 2.05) is 25.1 Å². The van der Waals surface area contributed by atoms with Gasteiger partial charge in [-0.15, -0.1) is 0 Å². The lowest BCUT2D eigenvalue weighted by Crippen LogP contribution is -2.41. The lowest BCUT2D eigenvalue weighted by Gasteiger charge is -2.26. The Morgan fingerprint density at radius 3 is 2.63 bits per heavy atom. The quantitative estimate of drug-likeness (QED) is 0.247. The third-order valence-corrected chi connectivity index (χ3v) is 7.97. The van der Waals surface area contributed by atoms with E-state index in [4.69, 9.17) is 16.3 Å². The fourth-order valence-electron chi connectivity index (χ4n) is 5.47. The molecule has 2 aromatic carbocycles. The van der Waals surface area contributed by atoms with Crippen LogP contribution in [0.5, 0.6) is 0 Å². The highest BCUT2D eigenvalue weighted by Crippen LogP contribution is 2.34. The summed E-state index contributed by atoms with van der Waals surface area (Å²) in [5.74, 6) is -0.0480. The molecule has 220 valence electrons. The molecule has 11 nitrogen and oxygen atoms in total. The van der Waals surface area contributed by atoms with Crippen LogP contribution in [0.25, 0.3) is 27.5 Å². The molecule has 1 aliphatic rings. The summed E-state index contributed by atoms with van der Waals surface area (Å²) in [5, 5.41) is 7.50. The van der Waals surface area contributed by atoms with Crippen molar-refractivity contribution in [1.82, 2.24) is 29.7 Å². The molecule has 6 rings (SSSR count). The number of nitrogens with one attached hydrogen (secondary N) is 3. The number of carbonyl (C=O) groups excluding carboxylic acids is 1. The Labute approximate surface area is 251 Å². The maximum absolute atomic E-state index is 14.4. The maximum atomic E-state index is 14.4. The molecule has 1 amide bonds. The Hall–Kier alpha value is -4.58. The van der Waals surface area contributed by atoms with Crippen molar-refractivity contribution in [2.24, 2.45) is 0 Å². The van der Waals surface area contributed by atoms with Crippen molar-refractivity contribution in [1.29, 1.82) is 0 Å². The van der Waals surface area contributed by atoms with Gasteiger partial charge in [0.1, 0.15) is 23.2 Å². The van der Waals surface area contributed by atoms with E-state index in [0.29, 0.717) is 64.9 Å². The summed E-state index contributed by atoms with van der Waals surface area (Å²) in [7, 11) is 0. The van der Waals surface area contributed by atoms with E-state index in [9.17, 15) is 14.4 Å². The number of pyridine rings is 2. The number of halogens is 1. The number of anilines is 1. The van der Waals surface area contributed by atoms with Crippen molar-refractivity contribution in [3.63, 3.8) is 0 Å². The van der Waals surface area contributed by atoms with Crippen LogP contribution in [0.3, 0.4) is 0 Å². The molecule has 3 aromatic heterocycles. The van der Waals surface area contributed by atoms with Gasteiger partial charge in [0.25, 0.3) is 11.5 Å². The van der Waals surface area contributed by atoms with E-state index in [1.54, 1.807) is 30.3 Å². The van der Waals surface area contributed by atoms with Crippen molar-refractivity contribution in [2.75, 3.05) is 44.7 Å². The zero-order valence-electron chi connectivity index (χ0n) is 23.5. The van der Waals surface area contributed by atoms with Gasteiger partial charge in [0.05, 0.1) is 40.9 Å². The maximum Gasteiger partial charge on any atom is 0.264 e. The average Bonchev–Trinajstić information content (AvgIpc) is 3.03. The fraction of sp³-hybridized carbons (Fsp3) is 0.258.